The van der Waals surface area contributed by atoms with Crippen molar-refractivity contribution in [1.82, 2.24) is 4.90 Å². The second-order valence-corrected chi connectivity index (χ2v) is 5.07. The van der Waals surface area contributed by atoms with Gasteiger partial charge in [0.25, 0.3) is 0 Å². The summed E-state index contributed by atoms with van der Waals surface area (Å²) in [5.74, 6) is -0.191. The predicted molar refractivity (Wildman–Crippen MR) is 69.4 cm³/mol. The Kier molecular flexibility index (Phi) is 4.33. The maximum Gasteiger partial charge on any atom is 0.123 e. The summed E-state index contributed by atoms with van der Waals surface area (Å²) in [6.07, 6.45) is 4.88. The van der Waals surface area contributed by atoms with Gasteiger partial charge in [0.2, 0.25) is 0 Å². The Morgan fingerprint density at radius 2 is 2.11 bits per heavy atom. The monoisotopic (exact) mass is 246 g/mol. The molecule has 0 N–H and O–H groups in total. The number of nitriles is 1. The van der Waals surface area contributed by atoms with Gasteiger partial charge in [0.1, 0.15) is 5.82 Å². The third-order valence-corrected chi connectivity index (χ3v) is 3.79. The third-order valence-electron chi connectivity index (χ3n) is 3.79. The highest BCUT2D eigenvalue weighted by Gasteiger charge is 2.22. The molecule has 0 heterocycles. The first-order chi connectivity index (χ1) is 8.70. The molecule has 1 saturated carbocycles. The van der Waals surface area contributed by atoms with E-state index in [4.69, 9.17) is 5.26 Å². The Morgan fingerprint density at radius 1 is 1.39 bits per heavy atom. The standard InChI is InChI=1S/C15H19FN2/c1-12-10-14(16)7-6-13(12)11-18(9-8-17)15-4-2-3-5-15/h6-7,10,15H,2-5,9,11H2,1H3. The minimum atomic E-state index is -0.191. The van der Waals surface area contributed by atoms with Crippen LogP contribution in [0.1, 0.15) is 36.8 Å². The van der Waals surface area contributed by atoms with E-state index in [1.165, 1.54) is 31.7 Å². The molecule has 0 radical (unpaired) electrons. The van der Waals surface area contributed by atoms with Gasteiger partial charge < -0.3 is 0 Å². The van der Waals surface area contributed by atoms with E-state index < -0.39 is 0 Å². The van der Waals surface area contributed by atoms with Gasteiger partial charge >= 0.3 is 0 Å². The van der Waals surface area contributed by atoms with Crippen molar-refractivity contribution in [3.05, 3.63) is 35.1 Å². The van der Waals surface area contributed by atoms with E-state index in [1.54, 1.807) is 6.07 Å². The van der Waals surface area contributed by atoms with Gasteiger partial charge in [-0.05, 0) is 43.0 Å². The summed E-state index contributed by atoms with van der Waals surface area (Å²) in [5.41, 5.74) is 2.09. The summed E-state index contributed by atoms with van der Waals surface area (Å²) in [4.78, 5) is 2.23. The molecule has 1 aromatic rings. The summed E-state index contributed by atoms with van der Waals surface area (Å²) < 4.78 is 13.1. The smallest absolute Gasteiger partial charge is 0.123 e. The Bertz CT molecular complexity index is 444. The first kappa shape index (κ1) is 13.0. The molecular formula is C15H19FN2. The van der Waals surface area contributed by atoms with Gasteiger partial charge in [-0.2, -0.15) is 5.26 Å². The van der Waals surface area contributed by atoms with Crippen molar-refractivity contribution in [2.75, 3.05) is 6.54 Å². The van der Waals surface area contributed by atoms with Gasteiger partial charge in [0, 0.05) is 12.6 Å². The summed E-state index contributed by atoms with van der Waals surface area (Å²) in [5, 5.41) is 8.94. The maximum atomic E-state index is 13.1. The van der Waals surface area contributed by atoms with Crippen molar-refractivity contribution >= 4 is 0 Å². The number of halogens is 1. The van der Waals surface area contributed by atoms with E-state index in [0.717, 1.165) is 17.7 Å². The molecule has 1 aliphatic carbocycles. The Morgan fingerprint density at radius 3 is 2.72 bits per heavy atom. The van der Waals surface area contributed by atoms with E-state index in [9.17, 15) is 4.39 Å². The lowest BCUT2D eigenvalue weighted by Gasteiger charge is -2.26. The molecule has 3 heteroatoms. The zero-order valence-electron chi connectivity index (χ0n) is 10.8. The first-order valence-electron chi connectivity index (χ1n) is 6.56. The fraction of sp³-hybridized carbons (Fsp3) is 0.533. The van der Waals surface area contributed by atoms with Crippen LogP contribution >= 0.6 is 0 Å². The van der Waals surface area contributed by atoms with Crippen molar-refractivity contribution in [2.45, 2.75) is 45.2 Å². The van der Waals surface area contributed by atoms with Crippen LogP contribution in [0, 0.1) is 24.1 Å². The molecule has 96 valence electrons. The van der Waals surface area contributed by atoms with Crippen LogP contribution in [0.3, 0.4) is 0 Å². The molecule has 0 bridgehead atoms. The van der Waals surface area contributed by atoms with Gasteiger partial charge in [-0.1, -0.05) is 18.9 Å². The fourth-order valence-corrected chi connectivity index (χ4v) is 2.73. The number of aryl methyl sites for hydroxylation is 1. The zero-order valence-corrected chi connectivity index (χ0v) is 10.8. The quantitative estimate of drug-likeness (QED) is 0.761. The second kappa shape index (κ2) is 5.97. The molecule has 0 atom stereocenters. The van der Waals surface area contributed by atoms with Crippen molar-refractivity contribution in [1.29, 1.82) is 5.26 Å². The van der Waals surface area contributed by atoms with E-state index in [2.05, 4.69) is 11.0 Å². The van der Waals surface area contributed by atoms with E-state index >= 15 is 0 Å². The van der Waals surface area contributed by atoms with Crippen LogP contribution in [0.2, 0.25) is 0 Å². The molecule has 18 heavy (non-hydrogen) atoms. The number of nitrogens with zero attached hydrogens (tertiary/aromatic N) is 2. The molecule has 0 aliphatic heterocycles. The molecule has 1 aliphatic rings. The first-order valence-corrected chi connectivity index (χ1v) is 6.56. The van der Waals surface area contributed by atoms with Crippen LogP contribution < -0.4 is 0 Å². The number of rotatable bonds is 4. The molecule has 0 amide bonds. The van der Waals surface area contributed by atoms with Crippen LogP contribution in [0.25, 0.3) is 0 Å². The highest BCUT2D eigenvalue weighted by Crippen LogP contribution is 2.25. The van der Waals surface area contributed by atoms with Crippen molar-refractivity contribution in [3.8, 4) is 6.07 Å². The van der Waals surface area contributed by atoms with Crippen LogP contribution in [0.4, 0.5) is 4.39 Å². The lowest BCUT2D eigenvalue weighted by molar-refractivity contribution is 0.213. The van der Waals surface area contributed by atoms with Crippen LogP contribution in [0.15, 0.2) is 18.2 Å². The normalized spacial score (nSPS) is 16.1. The van der Waals surface area contributed by atoms with Gasteiger partial charge in [0.05, 0.1) is 12.6 Å². The van der Waals surface area contributed by atoms with Gasteiger partial charge in [0.15, 0.2) is 0 Å². The molecule has 1 fully saturated rings. The predicted octanol–water partition coefficient (Wildman–Crippen LogP) is 3.40. The Hall–Kier alpha value is -1.40. The molecule has 0 spiro atoms. The lowest BCUT2D eigenvalue weighted by Crippen LogP contribution is -2.33. The minimum absolute atomic E-state index is 0.191. The Balaban J connectivity index is 2.10. The molecule has 0 aromatic heterocycles. The van der Waals surface area contributed by atoms with E-state index in [0.29, 0.717) is 12.6 Å². The van der Waals surface area contributed by atoms with Crippen LogP contribution in [-0.2, 0) is 6.54 Å². The summed E-state index contributed by atoms with van der Waals surface area (Å²) in [6, 6.07) is 7.67. The summed E-state index contributed by atoms with van der Waals surface area (Å²) >= 11 is 0. The SMILES string of the molecule is Cc1cc(F)ccc1CN(CC#N)C1CCCC1. The average Bonchev–Trinajstić information content (AvgIpc) is 2.85. The van der Waals surface area contributed by atoms with Crippen molar-refractivity contribution < 1.29 is 4.39 Å². The molecular weight excluding hydrogens is 227 g/mol. The number of hydrogen-bond acceptors (Lipinski definition) is 2. The zero-order chi connectivity index (χ0) is 13.0. The molecule has 0 saturated heterocycles. The van der Waals surface area contributed by atoms with Crippen LogP contribution in [0.5, 0.6) is 0 Å². The van der Waals surface area contributed by atoms with E-state index in [1.807, 2.05) is 13.0 Å². The lowest BCUT2D eigenvalue weighted by atomic mass is 10.1. The number of hydrogen-bond donors (Lipinski definition) is 0. The summed E-state index contributed by atoms with van der Waals surface area (Å²) in [7, 11) is 0. The molecule has 2 rings (SSSR count). The second-order valence-electron chi connectivity index (χ2n) is 5.07. The van der Waals surface area contributed by atoms with Crippen molar-refractivity contribution in [2.24, 2.45) is 0 Å². The topological polar surface area (TPSA) is 27.0 Å². The highest BCUT2D eigenvalue weighted by atomic mass is 19.1. The average molecular weight is 246 g/mol. The van der Waals surface area contributed by atoms with Gasteiger partial charge in [-0.25, -0.2) is 4.39 Å². The third kappa shape index (κ3) is 3.08. The van der Waals surface area contributed by atoms with Gasteiger partial charge in [-0.15, -0.1) is 0 Å². The fourth-order valence-electron chi connectivity index (χ4n) is 2.73. The molecule has 0 unspecified atom stereocenters. The van der Waals surface area contributed by atoms with Gasteiger partial charge in [-0.3, -0.25) is 4.90 Å². The Labute approximate surface area is 108 Å². The van der Waals surface area contributed by atoms with Crippen LogP contribution in [-0.4, -0.2) is 17.5 Å². The maximum absolute atomic E-state index is 13.1. The largest absolute Gasteiger partial charge is 0.283 e. The number of benzene rings is 1. The van der Waals surface area contributed by atoms with Crippen molar-refractivity contribution in [3.63, 3.8) is 0 Å². The molecule has 1 aromatic carbocycles. The minimum Gasteiger partial charge on any atom is -0.283 e. The van der Waals surface area contributed by atoms with E-state index in [-0.39, 0.29) is 5.82 Å². The highest BCUT2D eigenvalue weighted by molar-refractivity contribution is 5.26. The molecule has 2 nitrogen and oxygen atoms in total. The summed E-state index contributed by atoms with van der Waals surface area (Å²) in [6.45, 7) is 3.14.